The number of aryl methyl sites for hydroxylation is 2. The van der Waals surface area contributed by atoms with Crippen LogP contribution in [0, 0.1) is 13.8 Å². The van der Waals surface area contributed by atoms with Gasteiger partial charge >= 0.3 is 0 Å². The van der Waals surface area contributed by atoms with Crippen molar-refractivity contribution in [1.29, 1.82) is 0 Å². The highest BCUT2D eigenvalue weighted by Gasteiger charge is 2.34. The minimum absolute atomic E-state index is 0.0618. The number of fused-ring (bicyclic) bond motifs is 2. The fourth-order valence-corrected chi connectivity index (χ4v) is 5.95. The molecule has 7 heteroatoms. The molecule has 0 amide bonds. The number of hydrogen-bond donors (Lipinski definition) is 1. The number of aromatic amines is 1. The number of nitrogens with one attached hydrogen (secondary N) is 1. The van der Waals surface area contributed by atoms with E-state index in [2.05, 4.69) is 81.7 Å². The van der Waals surface area contributed by atoms with Crippen LogP contribution in [0.3, 0.4) is 0 Å². The lowest BCUT2D eigenvalue weighted by Gasteiger charge is -2.35. The van der Waals surface area contributed by atoms with Crippen LogP contribution in [-0.4, -0.2) is 36.6 Å². The van der Waals surface area contributed by atoms with Crippen LogP contribution in [0.1, 0.15) is 77.8 Å². The van der Waals surface area contributed by atoms with Crippen molar-refractivity contribution in [2.24, 2.45) is 0 Å². The molecule has 6 rings (SSSR count). The van der Waals surface area contributed by atoms with E-state index in [4.69, 9.17) is 0 Å². The van der Waals surface area contributed by atoms with E-state index in [0.717, 1.165) is 54.6 Å². The van der Waals surface area contributed by atoms with Crippen molar-refractivity contribution in [3.63, 3.8) is 0 Å². The summed E-state index contributed by atoms with van der Waals surface area (Å²) in [5.74, 6) is 0.782. The molecule has 1 saturated carbocycles. The summed E-state index contributed by atoms with van der Waals surface area (Å²) in [7, 11) is 0. The van der Waals surface area contributed by atoms with Gasteiger partial charge in [0.15, 0.2) is 5.82 Å². The Morgan fingerprint density at radius 2 is 1.83 bits per heavy atom. The molecule has 35 heavy (non-hydrogen) atoms. The zero-order valence-electron chi connectivity index (χ0n) is 20.5. The molecule has 2 aliphatic rings. The second-order valence-electron chi connectivity index (χ2n) is 10.2. The summed E-state index contributed by atoms with van der Waals surface area (Å²) >= 11 is 0. The molecular weight excluding hydrogens is 436 g/mol. The second-order valence-corrected chi connectivity index (χ2v) is 10.2. The zero-order chi connectivity index (χ0) is 23.9. The molecule has 1 N–H and O–H groups in total. The Labute approximate surface area is 205 Å². The largest absolute Gasteiger partial charge is 0.321 e. The fraction of sp³-hybridized carbons (Fsp3) is 0.429. The van der Waals surface area contributed by atoms with Gasteiger partial charge in [-0.3, -0.25) is 9.69 Å². The van der Waals surface area contributed by atoms with Crippen LogP contribution in [0.15, 0.2) is 47.3 Å². The van der Waals surface area contributed by atoms with Crippen molar-refractivity contribution >= 4 is 10.9 Å². The Kier molecular flexibility index (Phi) is 5.72. The number of tetrazole rings is 1. The molecule has 4 aromatic rings. The summed E-state index contributed by atoms with van der Waals surface area (Å²) < 4.78 is 2.02. The molecule has 1 atom stereocenters. The molecule has 0 saturated heterocycles. The van der Waals surface area contributed by atoms with E-state index >= 15 is 0 Å². The van der Waals surface area contributed by atoms with Crippen molar-refractivity contribution in [3.8, 4) is 0 Å². The third kappa shape index (κ3) is 3.97. The zero-order valence-corrected chi connectivity index (χ0v) is 20.5. The molecule has 0 spiro atoms. The Morgan fingerprint density at radius 1 is 1.03 bits per heavy atom. The average molecular weight is 469 g/mol. The first-order chi connectivity index (χ1) is 17.1. The van der Waals surface area contributed by atoms with Gasteiger partial charge in [0.25, 0.3) is 5.56 Å². The lowest BCUT2D eigenvalue weighted by atomic mass is 9.93. The molecule has 0 bridgehead atoms. The maximum absolute atomic E-state index is 13.6. The number of aromatic nitrogens is 5. The number of nitrogens with zero attached hydrogens (tertiary/aromatic N) is 5. The van der Waals surface area contributed by atoms with Crippen LogP contribution in [0.5, 0.6) is 0 Å². The third-order valence-corrected chi connectivity index (χ3v) is 8.08. The first-order valence-corrected chi connectivity index (χ1v) is 12.8. The van der Waals surface area contributed by atoms with Crippen molar-refractivity contribution in [3.05, 3.63) is 86.5 Å². The van der Waals surface area contributed by atoms with Crippen LogP contribution in [0.2, 0.25) is 0 Å². The fourth-order valence-electron chi connectivity index (χ4n) is 5.95. The summed E-state index contributed by atoms with van der Waals surface area (Å²) in [5, 5.41) is 14.2. The van der Waals surface area contributed by atoms with Gasteiger partial charge in [-0.2, -0.15) is 0 Å². The minimum atomic E-state index is -0.310. The van der Waals surface area contributed by atoms with Gasteiger partial charge in [0.05, 0.1) is 11.6 Å². The molecule has 1 fully saturated rings. The maximum Gasteiger partial charge on any atom is 0.253 e. The Bertz CT molecular complexity index is 1430. The summed E-state index contributed by atoms with van der Waals surface area (Å²) in [6, 6.07) is 14.9. The number of rotatable bonds is 4. The average Bonchev–Trinajstić information content (AvgIpc) is 3.37. The summed E-state index contributed by atoms with van der Waals surface area (Å²) in [6.45, 7) is 5.76. The van der Waals surface area contributed by atoms with E-state index in [1.165, 1.54) is 36.0 Å². The molecule has 7 nitrogen and oxygen atoms in total. The molecule has 2 aromatic heterocycles. The van der Waals surface area contributed by atoms with E-state index in [9.17, 15) is 4.79 Å². The van der Waals surface area contributed by atoms with E-state index in [1.54, 1.807) is 0 Å². The van der Waals surface area contributed by atoms with Gasteiger partial charge in [0, 0.05) is 18.7 Å². The monoisotopic (exact) mass is 468 g/mol. The van der Waals surface area contributed by atoms with Gasteiger partial charge in [-0.25, -0.2) is 4.68 Å². The van der Waals surface area contributed by atoms with Crippen molar-refractivity contribution in [2.45, 2.75) is 71.0 Å². The predicted octanol–water partition coefficient (Wildman–Crippen LogP) is 4.78. The first kappa shape index (κ1) is 22.2. The van der Waals surface area contributed by atoms with Gasteiger partial charge in [-0.15, -0.1) is 5.10 Å². The highest BCUT2D eigenvalue weighted by molar-refractivity contribution is 5.83. The van der Waals surface area contributed by atoms with Crippen LogP contribution < -0.4 is 5.56 Å². The van der Waals surface area contributed by atoms with E-state index in [1.807, 2.05) is 4.68 Å². The van der Waals surface area contributed by atoms with Gasteiger partial charge in [0.1, 0.15) is 6.04 Å². The topological polar surface area (TPSA) is 79.7 Å². The molecule has 0 radical (unpaired) electrons. The van der Waals surface area contributed by atoms with Gasteiger partial charge in [-0.05, 0) is 77.2 Å². The van der Waals surface area contributed by atoms with Crippen LogP contribution in [-0.2, 0) is 13.0 Å². The highest BCUT2D eigenvalue weighted by atomic mass is 16.1. The summed E-state index contributed by atoms with van der Waals surface area (Å²) in [6.07, 6.45) is 6.77. The number of pyridine rings is 1. The molecule has 3 heterocycles. The van der Waals surface area contributed by atoms with E-state index < -0.39 is 0 Å². The van der Waals surface area contributed by atoms with Gasteiger partial charge in [0.2, 0.25) is 0 Å². The van der Waals surface area contributed by atoms with Crippen LogP contribution in [0.25, 0.3) is 10.9 Å². The molecule has 0 unspecified atom stereocenters. The van der Waals surface area contributed by atoms with E-state index in [-0.39, 0.29) is 17.6 Å². The maximum atomic E-state index is 13.6. The van der Waals surface area contributed by atoms with Crippen LogP contribution >= 0.6 is 0 Å². The molecule has 2 aromatic carbocycles. The second kappa shape index (κ2) is 9.04. The SMILES string of the molecule is Cc1ccc2cc([C@@H](c3nnnn3C3CCCCC3)N3CCc4ccccc4C3)c(=O)[nH]c2c1C. The number of hydrogen-bond acceptors (Lipinski definition) is 5. The quantitative estimate of drug-likeness (QED) is 0.466. The molecular formula is C28H32N6O. The van der Waals surface area contributed by atoms with Gasteiger partial charge < -0.3 is 4.98 Å². The Balaban J connectivity index is 1.50. The molecule has 1 aliphatic heterocycles. The summed E-state index contributed by atoms with van der Waals surface area (Å²) in [4.78, 5) is 19.2. The number of benzene rings is 2. The first-order valence-electron chi connectivity index (χ1n) is 12.8. The molecule has 180 valence electrons. The summed E-state index contributed by atoms with van der Waals surface area (Å²) in [5.41, 5.74) is 6.54. The minimum Gasteiger partial charge on any atom is -0.321 e. The standard InChI is InChI=1S/C28H32N6O/c1-18-12-13-21-16-24(28(35)29-25(21)19(18)2)26(33-15-14-20-8-6-7-9-22(20)17-33)27-30-31-32-34(27)23-10-4-3-5-11-23/h6-9,12-13,16,23,26H,3-5,10-11,14-15,17H2,1-2H3,(H,29,35)/t26-/m0/s1. The normalized spacial score (nSPS) is 18.0. The van der Waals surface area contributed by atoms with Gasteiger partial charge in [-0.1, -0.05) is 55.7 Å². The van der Waals surface area contributed by atoms with Crippen molar-refractivity contribution < 1.29 is 0 Å². The Hall–Kier alpha value is -3.32. The molecule has 1 aliphatic carbocycles. The smallest absolute Gasteiger partial charge is 0.253 e. The number of H-pyrrole nitrogens is 1. The Morgan fingerprint density at radius 3 is 2.66 bits per heavy atom. The third-order valence-electron chi connectivity index (χ3n) is 8.08. The predicted molar refractivity (Wildman–Crippen MR) is 136 cm³/mol. The van der Waals surface area contributed by atoms with E-state index in [0.29, 0.717) is 5.56 Å². The van der Waals surface area contributed by atoms with Crippen molar-refractivity contribution in [2.75, 3.05) is 6.54 Å². The lowest BCUT2D eigenvalue weighted by Crippen LogP contribution is -2.39. The lowest BCUT2D eigenvalue weighted by molar-refractivity contribution is 0.187. The van der Waals surface area contributed by atoms with Crippen molar-refractivity contribution in [1.82, 2.24) is 30.1 Å². The highest BCUT2D eigenvalue weighted by Crippen LogP contribution is 2.35. The van der Waals surface area contributed by atoms with Crippen LogP contribution in [0.4, 0.5) is 0 Å².